The zero-order chi connectivity index (χ0) is 28.2. The first-order valence-corrected chi connectivity index (χ1v) is 14.9. The van der Waals surface area contributed by atoms with Gasteiger partial charge >= 0.3 is 11.9 Å². The summed E-state index contributed by atoms with van der Waals surface area (Å²) >= 11 is 0. The second-order valence-corrected chi connectivity index (χ2v) is 14.1. The van der Waals surface area contributed by atoms with Gasteiger partial charge in [-0.2, -0.15) is 0 Å². The summed E-state index contributed by atoms with van der Waals surface area (Å²) in [5.74, 6) is -0.689. The number of nitrogens with two attached hydrogens (primary N) is 1. The van der Waals surface area contributed by atoms with Gasteiger partial charge in [0.15, 0.2) is 0 Å². The Hall–Kier alpha value is -1.44. The summed E-state index contributed by atoms with van der Waals surface area (Å²) in [4.78, 5) is 24.9. The lowest BCUT2D eigenvalue weighted by atomic mass is 9.36. The third-order valence-corrected chi connectivity index (χ3v) is 11.9. The Morgan fingerprint density at radius 1 is 1.13 bits per heavy atom. The van der Waals surface area contributed by atoms with Crippen LogP contribution in [0.25, 0.3) is 0 Å². The minimum atomic E-state index is -0.950. The number of aliphatic carboxylic acids is 1. The number of carboxylic acid groups (broad SMARTS) is 1. The molecule has 10 atom stereocenters. The molecule has 7 heteroatoms. The number of carbonyl (C=O) groups excluding carboxylic acids is 1. The van der Waals surface area contributed by atoms with E-state index in [4.69, 9.17) is 10.5 Å². The Kier molecular flexibility index (Phi) is 8.17. The summed E-state index contributed by atoms with van der Waals surface area (Å²) in [6.45, 7) is 12.7. The van der Waals surface area contributed by atoms with Crippen LogP contribution in [0.2, 0.25) is 0 Å². The lowest BCUT2D eigenvalue weighted by molar-refractivity contribution is -0.237. The fourth-order valence-electron chi connectivity index (χ4n) is 10.2. The number of rotatable bonds is 7. The van der Waals surface area contributed by atoms with Crippen molar-refractivity contribution in [3.8, 4) is 0 Å². The average molecular weight is 534 g/mol. The highest BCUT2D eigenvalue weighted by molar-refractivity contribution is 5.88. The molecule has 0 aromatic heterocycles. The third-order valence-electron chi connectivity index (χ3n) is 11.9. The molecule has 0 bridgehead atoms. The van der Waals surface area contributed by atoms with Crippen molar-refractivity contribution in [3.63, 3.8) is 0 Å². The molecule has 0 amide bonds. The second kappa shape index (κ2) is 10.5. The van der Waals surface area contributed by atoms with E-state index in [9.17, 15) is 24.9 Å². The van der Waals surface area contributed by atoms with Crippen molar-refractivity contribution in [3.05, 3.63) is 11.1 Å². The summed E-state index contributed by atoms with van der Waals surface area (Å²) in [5, 5.41) is 33.1. The van der Waals surface area contributed by atoms with Crippen molar-refractivity contribution in [1.29, 1.82) is 0 Å². The summed E-state index contributed by atoms with van der Waals surface area (Å²) in [7, 11) is 0. The Labute approximate surface area is 228 Å². The highest BCUT2D eigenvalue weighted by Crippen LogP contribution is 2.74. The maximum absolute atomic E-state index is 12.7. The molecule has 4 rings (SSSR count). The van der Waals surface area contributed by atoms with Gasteiger partial charge in [-0.15, -0.1) is 0 Å². The molecule has 0 aromatic rings. The van der Waals surface area contributed by atoms with Crippen LogP contribution in [0.4, 0.5) is 0 Å². The molecular formula is C31H51NO6. The average Bonchev–Trinajstić information content (AvgIpc) is 3.09. The number of hydrogen-bond donors (Lipinski definition) is 4. The number of ether oxygens (including phenoxy) is 1. The standard InChI is InChI=1S/C31H51NO6/c1-17(2)8-7-9-20(28(36)37)26-22-14-24(35)27-29(5)12-11-23(34)18(3)21(29)10-13-31(27,16-32)30(22,6)15-25(26)38-19(4)33/h17-18,21-25,27,34-35H,7-16,32H2,1-6H3,(H,36,37)/b26-20-/t18-,21-,22-,23+,24+,25-,27-,29-,30-,31+/m0/s1. The highest BCUT2D eigenvalue weighted by atomic mass is 16.5. The second-order valence-electron chi connectivity index (χ2n) is 14.1. The largest absolute Gasteiger partial charge is 0.478 e. The van der Waals surface area contributed by atoms with Crippen LogP contribution in [0.5, 0.6) is 0 Å². The van der Waals surface area contributed by atoms with E-state index in [0.29, 0.717) is 48.8 Å². The fourth-order valence-corrected chi connectivity index (χ4v) is 10.2. The normalized spacial score (nSPS) is 45.7. The van der Waals surface area contributed by atoms with E-state index < -0.39 is 35.0 Å². The lowest BCUT2D eigenvalue weighted by Crippen LogP contribution is -2.68. The highest BCUT2D eigenvalue weighted by Gasteiger charge is 2.72. The zero-order valence-corrected chi connectivity index (χ0v) is 24.3. The first kappa shape index (κ1) is 29.5. The molecule has 216 valence electrons. The first-order valence-electron chi connectivity index (χ1n) is 14.9. The molecule has 0 heterocycles. The molecule has 0 radical (unpaired) electrons. The van der Waals surface area contributed by atoms with Gasteiger partial charge in [0.1, 0.15) is 6.10 Å². The molecule has 0 saturated heterocycles. The Morgan fingerprint density at radius 2 is 1.82 bits per heavy atom. The van der Waals surface area contributed by atoms with Crippen LogP contribution in [0.1, 0.15) is 99.3 Å². The van der Waals surface area contributed by atoms with E-state index in [-0.39, 0.29) is 29.3 Å². The van der Waals surface area contributed by atoms with Gasteiger partial charge in [0.05, 0.1) is 12.2 Å². The van der Waals surface area contributed by atoms with Crippen molar-refractivity contribution in [2.45, 2.75) is 118 Å². The molecule has 4 saturated carbocycles. The quantitative estimate of drug-likeness (QED) is 0.276. The predicted molar refractivity (Wildman–Crippen MR) is 146 cm³/mol. The smallest absolute Gasteiger partial charge is 0.331 e. The van der Waals surface area contributed by atoms with Crippen LogP contribution in [-0.2, 0) is 14.3 Å². The van der Waals surface area contributed by atoms with E-state index in [0.717, 1.165) is 38.5 Å². The molecule has 0 aliphatic heterocycles. The molecular weight excluding hydrogens is 482 g/mol. The molecule has 0 unspecified atom stereocenters. The Balaban J connectivity index is 1.84. The van der Waals surface area contributed by atoms with Gasteiger partial charge in [0.25, 0.3) is 0 Å². The number of fused-ring (bicyclic) bond motifs is 5. The van der Waals surface area contributed by atoms with Crippen LogP contribution >= 0.6 is 0 Å². The van der Waals surface area contributed by atoms with Gasteiger partial charge in [-0.05, 0) is 109 Å². The maximum Gasteiger partial charge on any atom is 0.331 e. The SMILES string of the molecule is CC(=O)O[C@H]1C[C@@]2(C)[C@@H](C[C@@H](O)[C@H]3[C@@]4(C)CC[C@@H](O)[C@@H](C)[C@@H]4CC[C@@]32CN)/C1=C(\CCCC(C)C)C(=O)O. The van der Waals surface area contributed by atoms with E-state index >= 15 is 0 Å². The van der Waals surface area contributed by atoms with Gasteiger partial charge in [-0.3, -0.25) is 4.79 Å². The predicted octanol–water partition coefficient (Wildman–Crippen LogP) is 4.68. The molecule has 0 spiro atoms. The maximum atomic E-state index is 12.7. The summed E-state index contributed by atoms with van der Waals surface area (Å²) in [5.41, 5.74) is 6.82. The van der Waals surface area contributed by atoms with Crippen LogP contribution in [0.3, 0.4) is 0 Å². The minimum Gasteiger partial charge on any atom is -0.478 e. The molecule has 5 N–H and O–H groups in total. The molecule has 0 aromatic carbocycles. The lowest BCUT2D eigenvalue weighted by Gasteiger charge is -2.69. The molecule has 38 heavy (non-hydrogen) atoms. The van der Waals surface area contributed by atoms with Crippen molar-refractivity contribution in [2.24, 2.45) is 51.6 Å². The number of carbonyl (C=O) groups is 2. The number of aliphatic hydroxyl groups excluding tert-OH is 2. The number of carboxylic acids is 1. The summed E-state index contributed by atoms with van der Waals surface area (Å²) in [6.07, 6.45) is 4.85. The Bertz CT molecular complexity index is 962. The summed E-state index contributed by atoms with van der Waals surface area (Å²) in [6, 6.07) is 0. The van der Waals surface area contributed by atoms with Gasteiger partial charge in [-0.1, -0.05) is 41.0 Å². The van der Waals surface area contributed by atoms with Crippen LogP contribution in [0.15, 0.2) is 11.1 Å². The van der Waals surface area contributed by atoms with Gasteiger partial charge in [0, 0.05) is 12.5 Å². The topological polar surface area (TPSA) is 130 Å². The molecule has 4 aliphatic carbocycles. The molecule has 7 nitrogen and oxygen atoms in total. The van der Waals surface area contributed by atoms with Crippen molar-refractivity contribution < 1.29 is 29.6 Å². The van der Waals surface area contributed by atoms with Crippen molar-refractivity contribution in [2.75, 3.05) is 6.54 Å². The molecule has 4 aliphatic rings. The van der Waals surface area contributed by atoms with Crippen LogP contribution in [0, 0.1) is 45.8 Å². The number of aliphatic hydroxyl groups is 2. The van der Waals surface area contributed by atoms with Gasteiger partial charge < -0.3 is 25.8 Å². The van der Waals surface area contributed by atoms with E-state index in [2.05, 4.69) is 34.6 Å². The first-order chi connectivity index (χ1) is 17.7. The zero-order valence-electron chi connectivity index (χ0n) is 24.3. The monoisotopic (exact) mass is 533 g/mol. The fraction of sp³-hybridized carbons (Fsp3) is 0.871. The molecule has 4 fully saturated rings. The van der Waals surface area contributed by atoms with Crippen LogP contribution in [-0.4, -0.2) is 52.1 Å². The third kappa shape index (κ3) is 4.45. The van der Waals surface area contributed by atoms with Crippen molar-refractivity contribution >= 4 is 11.9 Å². The van der Waals surface area contributed by atoms with Gasteiger partial charge in [-0.25, -0.2) is 4.79 Å². The Morgan fingerprint density at radius 3 is 2.39 bits per heavy atom. The van der Waals surface area contributed by atoms with Gasteiger partial charge in [0.2, 0.25) is 0 Å². The van der Waals surface area contributed by atoms with Crippen molar-refractivity contribution in [1.82, 2.24) is 0 Å². The number of esters is 1. The minimum absolute atomic E-state index is 0.0542. The van der Waals surface area contributed by atoms with E-state index in [1.165, 1.54) is 6.92 Å². The number of hydrogen-bond acceptors (Lipinski definition) is 6. The van der Waals surface area contributed by atoms with Crippen LogP contribution < -0.4 is 5.73 Å². The van der Waals surface area contributed by atoms with E-state index in [1.54, 1.807) is 0 Å². The van der Waals surface area contributed by atoms with E-state index in [1.807, 2.05) is 0 Å². The summed E-state index contributed by atoms with van der Waals surface area (Å²) < 4.78 is 5.89.